The average molecular weight is 411 g/mol. The molecule has 0 unspecified atom stereocenters. The normalized spacial score (nSPS) is 16.9. The second-order valence-corrected chi connectivity index (χ2v) is 8.16. The Morgan fingerprint density at radius 3 is 2.69 bits per heavy atom. The van der Waals surface area contributed by atoms with Crippen molar-refractivity contribution in [1.82, 2.24) is 9.47 Å². The zero-order valence-corrected chi connectivity index (χ0v) is 16.7. The molecule has 29 heavy (non-hydrogen) atoms. The average Bonchev–Trinajstić information content (AvgIpc) is 3.19. The van der Waals surface area contributed by atoms with E-state index in [-0.39, 0.29) is 11.7 Å². The summed E-state index contributed by atoms with van der Waals surface area (Å²) in [6, 6.07) is 14.1. The van der Waals surface area contributed by atoms with E-state index in [1.54, 1.807) is 13.0 Å². The zero-order valence-electron chi connectivity index (χ0n) is 16.0. The van der Waals surface area contributed by atoms with Crippen LogP contribution in [0.15, 0.2) is 54.7 Å². The van der Waals surface area contributed by atoms with Crippen molar-refractivity contribution in [2.75, 3.05) is 13.1 Å². The summed E-state index contributed by atoms with van der Waals surface area (Å²) in [5.41, 5.74) is 2.78. The first-order valence-corrected chi connectivity index (χ1v) is 10.1. The molecule has 1 aromatic heterocycles. The van der Waals surface area contributed by atoms with Crippen molar-refractivity contribution < 1.29 is 13.9 Å². The van der Waals surface area contributed by atoms with Gasteiger partial charge in [-0.2, -0.15) is 0 Å². The summed E-state index contributed by atoms with van der Waals surface area (Å²) in [6.07, 6.45) is 3.38. The van der Waals surface area contributed by atoms with Crippen molar-refractivity contribution in [2.45, 2.75) is 25.4 Å². The van der Waals surface area contributed by atoms with Crippen LogP contribution in [-0.4, -0.2) is 28.5 Å². The molecule has 0 radical (unpaired) electrons. The monoisotopic (exact) mass is 410 g/mol. The number of ether oxygens (including phenoxy) is 1. The Labute approximate surface area is 173 Å². The van der Waals surface area contributed by atoms with Gasteiger partial charge in [0.2, 0.25) is 0 Å². The predicted molar refractivity (Wildman–Crippen MR) is 109 cm³/mol. The number of nitrogens with zero attached hydrogens (tertiary/aromatic N) is 2. The van der Waals surface area contributed by atoms with Gasteiger partial charge in [-0.1, -0.05) is 11.6 Å². The highest BCUT2D eigenvalue weighted by Gasteiger charge is 2.44. The number of amides is 1. The van der Waals surface area contributed by atoms with Crippen molar-refractivity contribution in [3.05, 3.63) is 82.4 Å². The quantitative estimate of drug-likeness (QED) is 0.559. The lowest BCUT2D eigenvalue weighted by atomic mass is 9.86. The van der Waals surface area contributed by atoms with Crippen LogP contribution >= 0.6 is 11.6 Å². The molecule has 148 valence electrons. The van der Waals surface area contributed by atoms with E-state index in [1.807, 2.05) is 35.4 Å². The summed E-state index contributed by atoms with van der Waals surface area (Å²) in [7, 11) is 0. The molecule has 1 amide bonds. The molecule has 2 aliphatic heterocycles. The van der Waals surface area contributed by atoms with Gasteiger partial charge in [0.25, 0.3) is 5.91 Å². The number of aromatic nitrogens is 1. The fourth-order valence-corrected chi connectivity index (χ4v) is 4.62. The highest BCUT2D eigenvalue weighted by atomic mass is 35.5. The third-order valence-corrected chi connectivity index (χ3v) is 6.21. The van der Waals surface area contributed by atoms with Gasteiger partial charge in [0, 0.05) is 48.8 Å². The van der Waals surface area contributed by atoms with Crippen molar-refractivity contribution >= 4 is 17.5 Å². The van der Waals surface area contributed by atoms with E-state index < -0.39 is 5.60 Å². The summed E-state index contributed by atoms with van der Waals surface area (Å²) in [4.78, 5) is 14.8. The number of carbonyl (C=O) groups excluding carboxylic acids is 1. The molecule has 1 saturated heterocycles. The largest absolute Gasteiger partial charge is 0.479 e. The summed E-state index contributed by atoms with van der Waals surface area (Å²) in [5, 5.41) is 0.633. The number of halogens is 2. The molecule has 6 heteroatoms. The molecule has 5 rings (SSSR count). The van der Waals surface area contributed by atoms with Crippen LogP contribution in [0.4, 0.5) is 4.39 Å². The van der Waals surface area contributed by atoms with Crippen LogP contribution < -0.4 is 4.74 Å². The minimum Gasteiger partial charge on any atom is -0.479 e. The number of likely N-dealkylation sites (tertiary alicyclic amines) is 1. The van der Waals surface area contributed by atoms with E-state index in [9.17, 15) is 9.18 Å². The fraction of sp³-hybridized carbons (Fsp3) is 0.261. The lowest BCUT2D eigenvalue weighted by Crippen LogP contribution is -2.50. The summed E-state index contributed by atoms with van der Waals surface area (Å²) >= 11 is 6.19. The maximum atomic E-state index is 13.4. The number of rotatable bonds is 1. The topological polar surface area (TPSA) is 34.5 Å². The summed E-state index contributed by atoms with van der Waals surface area (Å²) in [5.74, 6) is 0.368. The highest BCUT2D eigenvalue weighted by molar-refractivity contribution is 6.30. The van der Waals surface area contributed by atoms with Crippen LogP contribution in [-0.2, 0) is 5.60 Å². The Hall–Kier alpha value is -2.79. The van der Waals surface area contributed by atoms with Gasteiger partial charge >= 0.3 is 0 Å². The molecule has 1 fully saturated rings. The highest BCUT2D eigenvalue weighted by Crippen LogP contribution is 2.45. The molecular formula is C23H20ClFN2O2. The second-order valence-electron chi connectivity index (χ2n) is 7.72. The molecular weight excluding hydrogens is 391 g/mol. The van der Waals surface area contributed by atoms with Gasteiger partial charge in [-0.25, -0.2) is 4.39 Å². The number of aryl methyl sites for hydroxylation is 1. The molecule has 1 spiro atoms. The van der Waals surface area contributed by atoms with E-state index in [1.165, 1.54) is 12.1 Å². The van der Waals surface area contributed by atoms with Crippen molar-refractivity contribution in [3.63, 3.8) is 0 Å². The summed E-state index contributed by atoms with van der Waals surface area (Å²) in [6.45, 7) is 2.90. The molecule has 2 aromatic carbocycles. The predicted octanol–water partition coefficient (Wildman–Crippen LogP) is 5.10. The zero-order chi connectivity index (χ0) is 20.2. The van der Waals surface area contributed by atoms with Gasteiger partial charge in [-0.3, -0.25) is 4.79 Å². The van der Waals surface area contributed by atoms with Gasteiger partial charge in [0.1, 0.15) is 11.6 Å². The maximum absolute atomic E-state index is 13.4. The van der Waals surface area contributed by atoms with E-state index >= 15 is 0 Å². The molecule has 0 aliphatic carbocycles. The third-order valence-electron chi connectivity index (χ3n) is 5.98. The van der Waals surface area contributed by atoms with Crippen LogP contribution in [0.2, 0.25) is 5.02 Å². The van der Waals surface area contributed by atoms with E-state index in [0.717, 1.165) is 17.1 Å². The number of piperidine rings is 1. The van der Waals surface area contributed by atoms with Crippen LogP contribution in [0.25, 0.3) is 5.69 Å². The van der Waals surface area contributed by atoms with Gasteiger partial charge in [-0.05, 0) is 55.0 Å². The van der Waals surface area contributed by atoms with Crippen LogP contribution in [0.1, 0.15) is 34.5 Å². The van der Waals surface area contributed by atoms with Crippen LogP contribution in [0.3, 0.4) is 0 Å². The van der Waals surface area contributed by atoms with E-state index in [4.69, 9.17) is 16.3 Å². The van der Waals surface area contributed by atoms with Gasteiger partial charge in [-0.15, -0.1) is 0 Å². The Morgan fingerprint density at radius 1 is 1.14 bits per heavy atom. The van der Waals surface area contributed by atoms with Crippen LogP contribution in [0, 0.1) is 12.7 Å². The Balaban J connectivity index is 1.42. The Bertz CT molecular complexity index is 1120. The summed E-state index contributed by atoms with van der Waals surface area (Å²) < 4.78 is 22.1. The van der Waals surface area contributed by atoms with Gasteiger partial charge in [0.15, 0.2) is 5.60 Å². The first-order valence-electron chi connectivity index (χ1n) is 9.69. The Kier molecular flexibility index (Phi) is 4.17. The van der Waals surface area contributed by atoms with E-state index in [2.05, 4.69) is 10.6 Å². The number of hydrogen-bond donors (Lipinski definition) is 0. The lowest BCUT2D eigenvalue weighted by molar-refractivity contribution is -0.00931. The van der Waals surface area contributed by atoms with Gasteiger partial charge in [0.05, 0.1) is 11.4 Å². The molecule has 0 atom stereocenters. The number of fused-ring (bicyclic) bond motifs is 4. The second kappa shape index (κ2) is 6.63. The smallest absolute Gasteiger partial charge is 0.254 e. The van der Waals surface area contributed by atoms with Crippen molar-refractivity contribution in [1.29, 1.82) is 0 Å². The molecule has 0 bridgehead atoms. The van der Waals surface area contributed by atoms with Gasteiger partial charge < -0.3 is 14.2 Å². The first kappa shape index (κ1) is 18.3. The Morgan fingerprint density at radius 2 is 1.93 bits per heavy atom. The maximum Gasteiger partial charge on any atom is 0.254 e. The van der Waals surface area contributed by atoms with E-state index in [0.29, 0.717) is 42.1 Å². The molecule has 3 heterocycles. The number of benzene rings is 2. The molecule has 0 saturated carbocycles. The molecule has 0 N–H and O–H groups in total. The SMILES string of the molecule is Cc1cc(F)ccc1C(=O)N1CCC2(CC1)Oc1cc(Cl)ccc1-n1cccc12. The van der Waals surface area contributed by atoms with Crippen LogP contribution in [0.5, 0.6) is 5.75 Å². The molecule has 4 nitrogen and oxygen atoms in total. The molecule has 3 aromatic rings. The minimum atomic E-state index is -0.490. The molecule has 2 aliphatic rings. The van der Waals surface area contributed by atoms with Crippen molar-refractivity contribution in [3.8, 4) is 11.4 Å². The first-order chi connectivity index (χ1) is 14.0. The standard InChI is InChI=1S/C23H20ClFN2O2/c1-15-13-17(25)5-6-18(15)22(28)26-11-8-23(9-12-26)21-3-2-10-27(21)19-7-4-16(24)14-20(19)29-23/h2-7,10,13-14H,8-9,11-12H2,1H3. The fourth-order valence-electron chi connectivity index (χ4n) is 4.46. The lowest BCUT2D eigenvalue weighted by Gasteiger charge is -2.45. The van der Waals surface area contributed by atoms with Crippen molar-refractivity contribution in [2.24, 2.45) is 0 Å². The number of carbonyl (C=O) groups is 1. The minimum absolute atomic E-state index is 0.0630. The third kappa shape index (κ3) is 2.92. The number of hydrogen-bond acceptors (Lipinski definition) is 2.